The van der Waals surface area contributed by atoms with Crippen molar-refractivity contribution in [2.24, 2.45) is 0 Å². The molecule has 0 bridgehead atoms. The van der Waals surface area contributed by atoms with Crippen LogP contribution >= 0.6 is 0 Å². The van der Waals surface area contributed by atoms with E-state index in [-0.39, 0.29) is 12.2 Å². The van der Waals surface area contributed by atoms with Crippen LogP contribution < -0.4 is 25.8 Å². The van der Waals surface area contributed by atoms with Gasteiger partial charge in [0.2, 0.25) is 5.91 Å². The molecule has 0 atom stereocenters. The van der Waals surface area contributed by atoms with E-state index >= 15 is 0 Å². The molecule has 2 amide bonds. The Morgan fingerprint density at radius 3 is 2.44 bits per heavy atom. The number of hydrogen-bond acceptors (Lipinski definition) is 5. The largest absolute Gasteiger partial charge is 0.493 e. The highest BCUT2D eigenvalue weighted by molar-refractivity contribution is 6.00. The fraction of sp³-hybridized carbons (Fsp3) is 0.167. The average molecular weight is 370 g/mol. The second kappa shape index (κ2) is 7.65. The molecule has 0 aliphatic rings. The number of nitrogens with one attached hydrogen (secondary N) is 4. The predicted octanol–water partition coefficient (Wildman–Crippen LogP) is 1.24. The van der Waals surface area contributed by atoms with Gasteiger partial charge in [-0.3, -0.25) is 9.59 Å². The van der Waals surface area contributed by atoms with E-state index in [0.29, 0.717) is 33.8 Å². The lowest BCUT2D eigenvalue weighted by Crippen LogP contribution is -2.32. The van der Waals surface area contributed by atoms with Crippen LogP contribution in [0.1, 0.15) is 10.4 Å². The molecule has 2 aromatic carbocycles. The molecule has 0 radical (unpaired) electrons. The van der Waals surface area contributed by atoms with Gasteiger partial charge in [-0.2, -0.15) is 0 Å². The summed E-state index contributed by atoms with van der Waals surface area (Å²) in [6.45, 7) is -0.213. The molecule has 0 fully saturated rings. The molecule has 0 spiro atoms. The van der Waals surface area contributed by atoms with E-state index in [1.165, 1.54) is 20.3 Å². The fourth-order valence-electron chi connectivity index (χ4n) is 2.56. The number of rotatable bonds is 6. The number of methoxy groups -OCH3 is 2. The van der Waals surface area contributed by atoms with Crippen LogP contribution in [-0.4, -0.2) is 42.5 Å². The van der Waals surface area contributed by atoms with E-state index in [4.69, 9.17) is 9.47 Å². The summed E-state index contributed by atoms with van der Waals surface area (Å²) in [5.41, 5.74) is 1.73. The number of fused-ring (bicyclic) bond motifs is 1. The Hall–Kier alpha value is -3.75. The number of H-pyrrole nitrogens is 2. The topological polar surface area (TPSA) is 125 Å². The van der Waals surface area contributed by atoms with Gasteiger partial charge in [0.1, 0.15) is 0 Å². The summed E-state index contributed by atoms with van der Waals surface area (Å²) in [6, 6.07) is 9.67. The molecule has 3 aromatic rings. The monoisotopic (exact) mass is 370 g/mol. The maximum atomic E-state index is 12.2. The van der Waals surface area contributed by atoms with E-state index in [1.54, 1.807) is 30.3 Å². The van der Waals surface area contributed by atoms with Crippen molar-refractivity contribution in [1.82, 2.24) is 15.3 Å². The van der Waals surface area contributed by atoms with E-state index in [2.05, 4.69) is 20.6 Å². The zero-order valence-electron chi connectivity index (χ0n) is 14.7. The molecule has 3 rings (SSSR count). The second-order valence-corrected chi connectivity index (χ2v) is 5.64. The summed E-state index contributed by atoms with van der Waals surface area (Å²) in [5, 5.41) is 5.19. The van der Waals surface area contributed by atoms with E-state index < -0.39 is 11.8 Å². The summed E-state index contributed by atoms with van der Waals surface area (Å²) < 4.78 is 10.3. The molecule has 140 valence electrons. The van der Waals surface area contributed by atoms with Crippen LogP contribution in [0.5, 0.6) is 11.5 Å². The zero-order chi connectivity index (χ0) is 19.4. The Balaban J connectivity index is 1.60. The lowest BCUT2D eigenvalue weighted by molar-refractivity contribution is -0.115. The summed E-state index contributed by atoms with van der Waals surface area (Å²) in [5.74, 6) is 0.103. The zero-order valence-corrected chi connectivity index (χ0v) is 14.7. The number of aromatic amines is 2. The van der Waals surface area contributed by atoms with E-state index in [0.717, 1.165) is 0 Å². The van der Waals surface area contributed by atoms with Crippen LogP contribution in [0.25, 0.3) is 11.0 Å². The first-order valence-electron chi connectivity index (χ1n) is 8.02. The summed E-state index contributed by atoms with van der Waals surface area (Å²) in [7, 11) is 2.98. The highest BCUT2D eigenvalue weighted by atomic mass is 16.5. The highest BCUT2D eigenvalue weighted by Crippen LogP contribution is 2.27. The van der Waals surface area contributed by atoms with Gasteiger partial charge in [-0.1, -0.05) is 0 Å². The van der Waals surface area contributed by atoms with Crippen molar-refractivity contribution < 1.29 is 19.1 Å². The number of anilines is 1. The van der Waals surface area contributed by atoms with Gasteiger partial charge < -0.3 is 30.1 Å². The first-order chi connectivity index (χ1) is 13.0. The van der Waals surface area contributed by atoms with Crippen LogP contribution in [0.3, 0.4) is 0 Å². The molecule has 1 heterocycles. The molecule has 9 nitrogen and oxygen atoms in total. The van der Waals surface area contributed by atoms with Crippen LogP contribution in [0, 0.1) is 0 Å². The Kier molecular flexibility index (Phi) is 5.11. The standard InChI is InChI=1S/C18H18N4O5/c1-26-14-6-3-10(7-15(14)27-2)17(24)19-9-16(23)20-11-4-5-12-13(8-11)22-18(25)21-12/h3-8H,9H2,1-2H3,(H,19,24)(H,20,23)(H2,21,22,25). The maximum absolute atomic E-state index is 12.2. The minimum atomic E-state index is -0.420. The normalized spacial score (nSPS) is 10.4. The molecule has 27 heavy (non-hydrogen) atoms. The lowest BCUT2D eigenvalue weighted by atomic mass is 10.2. The molecular weight excluding hydrogens is 352 g/mol. The Morgan fingerprint density at radius 1 is 0.963 bits per heavy atom. The van der Waals surface area contributed by atoms with Crippen LogP contribution in [0.15, 0.2) is 41.2 Å². The van der Waals surface area contributed by atoms with E-state index in [1.807, 2.05) is 0 Å². The van der Waals surface area contributed by atoms with Crippen molar-refractivity contribution in [2.45, 2.75) is 0 Å². The van der Waals surface area contributed by atoms with Gasteiger partial charge in [-0.25, -0.2) is 4.79 Å². The Bertz CT molecular complexity index is 1050. The Morgan fingerprint density at radius 2 is 1.70 bits per heavy atom. The van der Waals surface area contributed by atoms with Gasteiger partial charge >= 0.3 is 5.69 Å². The number of imidazole rings is 1. The molecule has 9 heteroatoms. The maximum Gasteiger partial charge on any atom is 0.323 e. The molecule has 0 saturated carbocycles. The third-order valence-corrected chi connectivity index (χ3v) is 3.85. The molecule has 0 aliphatic carbocycles. The molecule has 1 aromatic heterocycles. The van der Waals surface area contributed by atoms with Crippen LogP contribution in [-0.2, 0) is 4.79 Å². The lowest BCUT2D eigenvalue weighted by Gasteiger charge is -2.10. The fourth-order valence-corrected chi connectivity index (χ4v) is 2.56. The number of hydrogen-bond donors (Lipinski definition) is 4. The summed E-state index contributed by atoms with van der Waals surface area (Å²) in [4.78, 5) is 40.8. The molecule has 0 unspecified atom stereocenters. The molecule has 0 aliphatic heterocycles. The first kappa shape index (κ1) is 18.1. The van der Waals surface area contributed by atoms with Crippen molar-refractivity contribution in [2.75, 3.05) is 26.1 Å². The van der Waals surface area contributed by atoms with Gasteiger partial charge in [-0.15, -0.1) is 0 Å². The number of carbonyl (C=O) groups excluding carboxylic acids is 2. The summed E-state index contributed by atoms with van der Waals surface area (Å²) >= 11 is 0. The third-order valence-electron chi connectivity index (χ3n) is 3.85. The minimum absolute atomic E-state index is 0.213. The average Bonchev–Trinajstić information content (AvgIpc) is 3.04. The number of amides is 2. The van der Waals surface area contributed by atoms with Crippen molar-refractivity contribution in [3.63, 3.8) is 0 Å². The third kappa shape index (κ3) is 4.09. The minimum Gasteiger partial charge on any atom is -0.493 e. The van der Waals surface area contributed by atoms with Crippen molar-refractivity contribution in [1.29, 1.82) is 0 Å². The van der Waals surface area contributed by atoms with Crippen LogP contribution in [0.4, 0.5) is 5.69 Å². The second-order valence-electron chi connectivity index (χ2n) is 5.64. The Labute approximate surface area is 153 Å². The quantitative estimate of drug-likeness (QED) is 0.519. The number of aromatic nitrogens is 2. The van der Waals surface area contributed by atoms with Crippen molar-refractivity contribution in [3.8, 4) is 11.5 Å². The number of benzene rings is 2. The smallest absolute Gasteiger partial charge is 0.323 e. The summed E-state index contributed by atoms with van der Waals surface area (Å²) in [6.07, 6.45) is 0. The predicted molar refractivity (Wildman–Crippen MR) is 99.4 cm³/mol. The SMILES string of the molecule is COc1ccc(C(=O)NCC(=O)Nc2ccc3[nH]c(=O)[nH]c3c2)cc1OC. The molecule has 4 N–H and O–H groups in total. The molecule has 0 saturated heterocycles. The first-order valence-corrected chi connectivity index (χ1v) is 8.02. The highest BCUT2D eigenvalue weighted by Gasteiger charge is 2.12. The van der Waals surface area contributed by atoms with Gasteiger partial charge in [0.15, 0.2) is 11.5 Å². The van der Waals surface area contributed by atoms with Crippen molar-refractivity contribution in [3.05, 3.63) is 52.4 Å². The van der Waals surface area contributed by atoms with Crippen molar-refractivity contribution >= 4 is 28.5 Å². The van der Waals surface area contributed by atoms with E-state index in [9.17, 15) is 14.4 Å². The van der Waals surface area contributed by atoms with Gasteiger partial charge in [0, 0.05) is 11.3 Å². The van der Waals surface area contributed by atoms with Crippen LogP contribution in [0.2, 0.25) is 0 Å². The van der Waals surface area contributed by atoms with Gasteiger partial charge in [0.05, 0.1) is 31.8 Å². The van der Waals surface area contributed by atoms with Gasteiger partial charge in [-0.05, 0) is 36.4 Å². The van der Waals surface area contributed by atoms with Gasteiger partial charge in [0.25, 0.3) is 5.91 Å². The number of carbonyl (C=O) groups is 2. The number of ether oxygens (including phenoxy) is 2. The molecular formula is C18H18N4O5.